The van der Waals surface area contributed by atoms with Gasteiger partial charge in [0, 0.05) is 25.1 Å². The van der Waals surface area contributed by atoms with Crippen LogP contribution in [0.4, 0.5) is 0 Å². The molecule has 1 saturated heterocycles. The highest BCUT2D eigenvalue weighted by molar-refractivity contribution is 14.0. The second kappa shape index (κ2) is 14.2. The molecule has 2 N–H and O–H groups in total. The molecular weight excluding hydrogens is 465 g/mol. The van der Waals surface area contributed by atoms with E-state index in [4.69, 9.17) is 9.52 Å². The number of aliphatic imine (C=N–C) groups is 1. The first kappa shape index (κ1) is 25.2. The molecule has 28 heavy (non-hydrogen) atoms. The summed E-state index contributed by atoms with van der Waals surface area (Å²) >= 11 is 0. The number of hydrogen-bond donors (Lipinski definition) is 2. The molecule has 1 aromatic heterocycles. The molecule has 1 aliphatic heterocycles. The Morgan fingerprint density at radius 1 is 1.14 bits per heavy atom. The number of unbranched alkanes of at least 4 members (excludes halogenated alkanes) is 1. The summed E-state index contributed by atoms with van der Waals surface area (Å²) in [6.45, 7) is 14.9. The topological polar surface area (TPSA) is 65.7 Å². The van der Waals surface area contributed by atoms with E-state index >= 15 is 0 Å². The van der Waals surface area contributed by atoms with E-state index in [-0.39, 0.29) is 24.0 Å². The Morgan fingerprint density at radius 2 is 1.89 bits per heavy atom. The SMILES string of the molecule is CCNC(=NCc1c(CC)noc1CC)NCCCCN1CCC(C)CC1.I. The van der Waals surface area contributed by atoms with Crippen LogP contribution in [-0.4, -0.2) is 48.7 Å². The minimum absolute atomic E-state index is 0. The average Bonchev–Trinajstić information content (AvgIpc) is 3.09. The number of rotatable bonds is 10. The van der Waals surface area contributed by atoms with Crippen molar-refractivity contribution in [2.24, 2.45) is 10.9 Å². The molecule has 0 aromatic carbocycles. The predicted octanol–water partition coefficient (Wildman–Crippen LogP) is 3.98. The average molecular weight is 505 g/mol. The summed E-state index contributed by atoms with van der Waals surface area (Å²) in [6.07, 6.45) is 6.87. The first-order chi connectivity index (χ1) is 13.2. The minimum atomic E-state index is 0. The number of guanidine groups is 1. The van der Waals surface area contributed by atoms with Gasteiger partial charge in [0.1, 0.15) is 5.76 Å². The molecule has 0 saturated carbocycles. The highest BCUT2D eigenvalue weighted by Gasteiger charge is 2.15. The Bertz CT molecular complexity index is 546. The van der Waals surface area contributed by atoms with Gasteiger partial charge in [-0.1, -0.05) is 25.9 Å². The summed E-state index contributed by atoms with van der Waals surface area (Å²) in [4.78, 5) is 7.37. The number of nitrogens with zero attached hydrogens (tertiary/aromatic N) is 3. The normalized spacial score (nSPS) is 16.1. The molecule has 0 aliphatic carbocycles. The van der Waals surface area contributed by atoms with Crippen molar-refractivity contribution in [1.29, 1.82) is 0 Å². The molecule has 0 atom stereocenters. The van der Waals surface area contributed by atoms with E-state index < -0.39 is 0 Å². The van der Waals surface area contributed by atoms with Crippen molar-refractivity contribution < 1.29 is 4.52 Å². The maximum atomic E-state index is 5.44. The number of aryl methyl sites for hydroxylation is 2. The van der Waals surface area contributed by atoms with Crippen molar-refractivity contribution in [3.8, 4) is 0 Å². The summed E-state index contributed by atoms with van der Waals surface area (Å²) in [5, 5.41) is 11.0. The lowest BCUT2D eigenvalue weighted by molar-refractivity contribution is 0.189. The summed E-state index contributed by atoms with van der Waals surface area (Å²) in [7, 11) is 0. The van der Waals surface area contributed by atoms with Gasteiger partial charge in [-0.3, -0.25) is 0 Å². The zero-order chi connectivity index (χ0) is 19.5. The van der Waals surface area contributed by atoms with Gasteiger partial charge < -0.3 is 20.1 Å². The fourth-order valence-electron chi connectivity index (χ4n) is 3.57. The van der Waals surface area contributed by atoms with Crippen molar-refractivity contribution in [3.63, 3.8) is 0 Å². The molecule has 1 aliphatic rings. The van der Waals surface area contributed by atoms with Crippen LogP contribution >= 0.6 is 24.0 Å². The first-order valence-corrected chi connectivity index (χ1v) is 10.9. The number of halogens is 1. The van der Waals surface area contributed by atoms with E-state index in [2.05, 4.69) is 48.4 Å². The molecular formula is C21H40IN5O. The van der Waals surface area contributed by atoms with E-state index in [1.54, 1.807) is 0 Å². The summed E-state index contributed by atoms with van der Waals surface area (Å²) in [5.41, 5.74) is 2.18. The minimum Gasteiger partial charge on any atom is -0.361 e. The molecule has 7 heteroatoms. The smallest absolute Gasteiger partial charge is 0.191 e. The predicted molar refractivity (Wildman–Crippen MR) is 128 cm³/mol. The molecule has 0 amide bonds. The van der Waals surface area contributed by atoms with Gasteiger partial charge in [0.05, 0.1) is 12.2 Å². The van der Waals surface area contributed by atoms with E-state index in [0.717, 1.165) is 54.8 Å². The molecule has 0 bridgehead atoms. The highest BCUT2D eigenvalue weighted by Crippen LogP contribution is 2.17. The summed E-state index contributed by atoms with van der Waals surface area (Å²) in [6, 6.07) is 0. The second-order valence-corrected chi connectivity index (χ2v) is 7.59. The molecule has 2 heterocycles. The summed E-state index contributed by atoms with van der Waals surface area (Å²) in [5.74, 6) is 2.76. The van der Waals surface area contributed by atoms with Crippen molar-refractivity contribution >= 4 is 29.9 Å². The second-order valence-electron chi connectivity index (χ2n) is 7.59. The van der Waals surface area contributed by atoms with Crippen LogP contribution in [0, 0.1) is 5.92 Å². The van der Waals surface area contributed by atoms with Gasteiger partial charge >= 0.3 is 0 Å². The quantitative estimate of drug-likeness (QED) is 0.218. The lowest BCUT2D eigenvalue weighted by Gasteiger charge is -2.30. The molecule has 1 fully saturated rings. The van der Waals surface area contributed by atoms with Crippen molar-refractivity contribution in [2.75, 3.05) is 32.7 Å². The van der Waals surface area contributed by atoms with Gasteiger partial charge in [-0.25, -0.2) is 4.99 Å². The van der Waals surface area contributed by atoms with Gasteiger partial charge in [0.25, 0.3) is 0 Å². The third kappa shape index (κ3) is 8.27. The van der Waals surface area contributed by atoms with E-state index in [9.17, 15) is 0 Å². The fourth-order valence-corrected chi connectivity index (χ4v) is 3.57. The zero-order valence-electron chi connectivity index (χ0n) is 18.2. The van der Waals surface area contributed by atoms with Gasteiger partial charge in [-0.2, -0.15) is 0 Å². The molecule has 1 aromatic rings. The molecule has 2 rings (SSSR count). The van der Waals surface area contributed by atoms with Gasteiger partial charge in [0.2, 0.25) is 0 Å². The number of nitrogens with one attached hydrogen (secondary N) is 2. The Labute approximate surface area is 188 Å². The highest BCUT2D eigenvalue weighted by atomic mass is 127. The van der Waals surface area contributed by atoms with Crippen LogP contribution in [0.5, 0.6) is 0 Å². The number of piperidine rings is 1. The van der Waals surface area contributed by atoms with E-state index in [1.807, 2.05) is 0 Å². The standard InChI is InChI=1S/C21H39N5O.HI/c1-5-19-18(20(6-2)27-25-19)16-24-21(22-7-3)23-12-8-9-13-26-14-10-17(4)11-15-26;/h17H,5-16H2,1-4H3,(H2,22,23,24);1H. The van der Waals surface area contributed by atoms with Crippen molar-refractivity contribution in [2.45, 2.75) is 72.8 Å². The van der Waals surface area contributed by atoms with Gasteiger partial charge in [0.15, 0.2) is 5.96 Å². The van der Waals surface area contributed by atoms with Crippen LogP contribution in [0.2, 0.25) is 0 Å². The van der Waals surface area contributed by atoms with Crippen LogP contribution in [0.25, 0.3) is 0 Å². The molecule has 0 spiro atoms. The molecule has 162 valence electrons. The third-order valence-corrected chi connectivity index (χ3v) is 5.42. The maximum Gasteiger partial charge on any atom is 0.191 e. The lowest BCUT2D eigenvalue weighted by Crippen LogP contribution is -2.38. The Hall–Kier alpha value is -0.830. The Kier molecular flexibility index (Phi) is 12.8. The van der Waals surface area contributed by atoms with E-state index in [1.165, 1.54) is 45.3 Å². The van der Waals surface area contributed by atoms with Crippen LogP contribution in [0.1, 0.15) is 70.4 Å². The zero-order valence-corrected chi connectivity index (χ0v) is 20.6. The number of aromatic nitrogens is 1. The van der Waals surface area contributed by atoms with E-state index in [0.29, 0.717) is 6.54 Å². The fraction of sp³-hybridized carbons (Fsp3) is 0.810. The van der Waals surface area contributed by atoms with Crippen LogP contribution in [-0.2, 0) is 19.4 Å². The Morgan fingerprint density at radius 3 is 2.54 bits per heavy atom. The molecule has 6 nitrogen and oxygen atoms in total. The lowest BCUT2D eigenvalue weighted by atomic mass is 9.99. The van der Waals surface area contributed by atoms with Crippen molar-refractivity contribution in [1.82, 2.24) is 20.7 Å². The van der Waals surface area contributed by atoms with Crippen LogP contribution < -0.4 is 10.6 Å². The van der Waals surface area contributed by atoms with Crippen LogP contribution in [0.3, 0.4) is 0 Å². The monoisotopic (exact) mass is 505 g/mol. The number of hydrogen-bond acceptors (Lipinski definition) is 4. The molecule has 0 radical (unpaired) electrons. The molecule has 0 unspecified atom stereocenters. The van der Waals surface area contributed by atoms with Crippen molar-refractivity contribution in [3.05, 3.63) is 17.0 Å². The Balaban J connectivity index is 0.00000392. The maximum absolute atomic E-state index is 5.44. The van der Waals surface area contributed by atoms with Gasteiger partial charge in [-0.15, -0.1) is 24.0 Å². The third-order valence-electron chi connectivity index (χ3n) is 5.42. The summed E-state index contributed by atoms with van der Waals surface area (Å²) < 4.78 is 5.44. The van der Waals surface area contributed by atoms with Crippen LogP contribution in [0.15, 0.2) is 9.52 Å². The largest absolute Gasteiger partial charge is 0.361 e. The first-order valence-electron chi connectivity index (χ1n) is 10.9. The van der Waals surface area contributed by atoms with Gasteiger partial charge in [-0.05, 0) is 64.6 Å². The number of likely N-dealkylation sites (tertiary alicyclic amines) is 1.